The Hall–Kier alpha value is -1.94. The first-order chi connectivity index (χ1) is 47.1. The van der Waals surface area contributed by atoms with E-state index in [1.54, 1.807) is 0 Å². The van der Waals surface area contributed by atoms with Crippen LogP contribution in [0.25, 0.3) is 0 Å². The number of carbonyl (C=O) groups excluding carboxylic acids is 4. The summed E-state index contributed by atoms with van der Waals surface area (Å²) < 4.78 is 68.6. The average molecular weight is 1440 g/mol. The van der Waals surface area contributed by atoms with Gasteiger partial charge in [0.2, 0.25) is 0 Å². The largest absolute Gasteiger partial charge is 0.472 e. The topological polar surface area (TPSA) is 237 Å². The van der Waals surface area contributed by atoms with Gasteiger partial charge in [-0.1, -0.05) is 351 Å². The van der Waals surface area contributed by atoms with Crippen molar-refractivity contribution in [2.24, 2.45) is 23.7 Å². The van der Waals surface area contributed by atoms with Crippen molar-refractivity contribution in [2.75, 3.05) is 39.6 Å². The number of unbranched alkanes of at least 4 members (excludes halogenated alkanes) is 41. The lowest BCUT2D eigenvalue weighted by Crippen LogP contribution is -2.30. The van der Waals surface area contributed by atoms with Gasteiger partial charge in [0.25, 0.3) is 0 Å². The Labute approximate surface area is 600 Å². The summed E-state index contributed by atoms with van der Waals surface area (Å²) in [6, 6.07) is 0. The Morgan fingerprint density at radius 3 is 0.724 bits per heavy atom. The molecule has 4 unspecified atom stereocenters. The summed E-state index contributed by atoms with van der Waals surface area (Å²) in [7, 11) is -9.92. The van der Waals surface area contributed by atoms with Crippen LogP contribution in [-0.4, -0.2) is 96.7 Å². The van der Waals surface area contributed by atoms with E-state index in [4.69, 9.17) is 37.0 Å². The molecule has 0 saturated carbocycles. The fraction of sp³-hybridized carbons (Fsp3) is 0.949. The molecule has 0 amide bonds. The number of ether oxygens (including phenoxy) is 4. The van der Waals surface area contributed by atoms with Gasteiger partial charge in [0, 0.05) is 25.7 Å². The highest BCUT2D eigenvalue weighted by atomic mass is 31.2. The van der Waals surface area contributed by atoms with Gasteiger partial charge in [-0.2, -0.15) is 0 Å². The first kappa shape index (κ1) is 96.1. The molecule has 0 radical (unpaired) electrons. The molecule has 0 aliphatic heterocycles. The number of esters is 4. The zero-order valence-electron chi connectivity index (χ0n) is 64.4. The van der Waals surface area contributed by atoms with Gasteiger partial charge >= 0.3 is 39.5 Å². The van der Waals surface area contributed by atoms with E-state index in [0.717, 1.165) is 114 Å². The third-order valence-electron chi connectivity index (χ3n) is 18.7. The second-order valence-electron chi connectivity index (χ2n) is 30.1. The van der Waals surface area contributed by atoms with E-state index in [1.807, 2.05) is 0 Å². The van der Waals surface area contributed by atoms with Gasteiger partial charge in [-0.15, -0.1) is 0 Å². The van der Waals surface area contributed by atoms with E-state index in [1.165, 1.54) is 199 Å². The molecule has 0 aromatic carbocycles. The molecule has 0 heterocycles. The second-order valence-corrected chi connectivity index (χ2v) is 33.0. The lowest BCUT2D eigenvalue weighted by molar-refractivity contribution is -0.161. The summed E-state index contributed by atoms with van der Waals surface area (Å²) in [5, 5.41) is 10.6. The quantitative estimate of drug-likeness (QED) is 0.0222. The van der Waals surface area contributed by atoms with Crippen LogP contribution in [0.1, 0.15) is 402 Å². The highest BCUT2D eigenvalue weighted by molar-refractivity contribution is 7.47. The smallest absolute Gasteiger partial charge is 0.462 e. The van der Waals surface area contributed by atoms with E-state index in [-0.39, 0.29) is 25.7 Å². The van der Waals surface area contributed by atoms with E-state index in [2.05, 4.69) is 55.4 Å². The fourth-order valence-corrected chi connectivity index (χ4v) is 13.6. The summed E-state index contributed by atoms with van der Waals surface area (Å²) in [4.78, 5) is 72.9. The first-order valence-corrected chi connectivity index (χ1v) is 43.7. The molecule has 582 valence electrons. The molecule has 6 atom stereocenters. The molecule has 98 heavy (non-hydrogen) atoms. The number of phosphoric ester groups is 2. The molecule has 19 heteroatoms. The van der Waals surface area contributed by atoms with Crippen LogP contribution in [0, 0.1) is 23.7 Å². The van der Waals surface area contributed by atoms with Crippen LogP contribution in [0.4, 0.5) is 0 Å². The van der Waals surface area contributed by atoms with E-state index >= 15 is 0 Å². The number of rotatable bonds is 76. The van der Waals surface area contributed by atoms with Crippen LogP contribution in [-0.2, 0) is 65.4 Å². The van der Waals surface area contributed by atoms with E-state index in [0.29, 0.717) is 31.6 Å². The molecule has 0 aromatic heterocycles. The Morgan fingerprint density at radius 1 is 0.286 bits per heavy atom. The molecule has 0 bridgehead atoms. The molecule has 0 rings (SSSR count). The van der Waals surface area contributed by atoms with Crippen LogP contribution in [0.2, 0.25) is 0 Å². The SMILES string of the molecule is CCC(C)CCCCCCCCCCC(=O)OC[C@H](COP(=O)(O)OCC(O)COP(=O)(O)OC[C@@H](COC(=O)CCCCCCCCC(C)C)OC(=O)CCCCCCCCCCCCCCCCCC(C)C)OC(=O)CCCCCCCCCCCCCCCCCCC(C)C. The maximum absolute atomic E-state index is 13.1. The number of phosphoric acid groups is 2. The minimum Gasteiger partial charge on any atom is -0.462 e. The normalized spacial score (nSPS) is 14.3. The Morgan fingerprint density at radius 2 is 0.490 bits per heavy atom. The maximum atomic E-state index is 13.1. The molecule has 3 N–H and O–H groups in total. The standard InChI is InChI=1S/C79H154O17P2/c1-9-72(8)58-50-42-33-29-30-34-43-51-59-76(81)89-65-74(95-78(83)61-53-45-35-27-23-19-15-11-10-13-17-21-25-31-39-47-55-69(2)3)67-93-97(85,86)91-63-73(80)64-92-98(87,88)94-68-75(66-90-77(82)60-52-44-38-37-41-49-57-71(6)7)96-79(84)62-54-46-36-28-24-20-16-12-14-18-22-26-32-40-48-56-70(4)5/h69-75,80H,9-68H2,1-8H3,(H,85,86)(H,87,88)/t72?,73?,74-,75-/m1/s1. The number of carbonyl (C=O) groups is 4. The zero-order valence-corrected chi connectivity index (χ0v) is 66.2. The number of hydrogen-bond acceptors (Lipinski definition) is 15. The zero-order chi connectivity index (χ0) is 72.4. The molecule has 0 spiro atoms. The van der Waals surface area contributed by atoms with E-state index in [9.17, 15) is 43.2 Å². The average Bonchev–Trinajstić information content (AvgIpc) is 0.982. The second kappa shape index (κ2) is 68.2. The number of hydrogen-bond donors (Lipinski definition) is 3. The first-order valence-electron chi connectivity index (χ1n) is 40.7. The highest BCUT2D eigenvalue weighted by Gasteiger charge is 2.30. The van der Waals surface area contributed by atoms with Gasteiger partial charge in [-0.3, -0.25) is 37.3 Å². The van der Waals surface area contributed by atoms with Gasteiger partial charge < -0.3 is 33.8 Å². The molecular weight excluding hydrogens is 1280 g/mol. The Bertz CT molecular complexity index is 1920. The molecule has 17 nitrogen and oxygen atoms in total. The predicted molar refractivity (Wildman–Crippen MR) is 400 cm³/mol. The molecule has 0 aliphatic rings. The molecule has 0 fully saturated rings. The Kier molecular flexibility index (Phi) is 66.8. The molecule has 0 aliphatic carbocycles. The lowest BCUT2D eigenvalue weighted by atomic mass is 9.99. The molecular formula is C79H154O17P2. The van der Waals surface area contributed by atoms with Crippen molar-refractivity contribution >= 4 is 39.5 Å². The van der Waals surface area contributed by atoms with Crippen molar-refractivity contribution in [1.82, 2.24) is 0 Å². The summed E-state index contributed by atoms with van der Waals surface area (Å²) >= 11 is 0. The summed E-state index contributed by atoms with van der Waals surface area (Å²) in [5.74, 6) is 0.950. The summed E-state index contributed by atoms with van der Waals surface area (Å²) in [6.07, 6.45) is 54.3. The third kappa shape index (κ3) is 71.1. The van der Waals surface area contributed by atoms with Crippen molar-refractivity contribution in [3.8, 4) is 0 Å². The lowest BCUT2D eigenvalue weighted by Gasteiger charge is -2.21. The summed E-state index contributed by atoms with van der Waals surface area (Å²) in [6.45, 7) is 14.2. The van der Waals surface area contributed by atoms with Gasteiger partial charge in [-0.05, 0) is 49.4 Å². The summed E-state index contributed by atoms with van der Waals surface area (Å²) in [5.41, 5.74) is 0. The predicted octanol–water partition coefficient (Wildman–Crippen LogP) is 23.2. The minimum atomic E-state index is -4.96. The van der Waals surface area contributed by atoms with Gasteiger partial charge in [0.15, 0.2) is 12.2 Å². The van der Waals surface area contributed by atoms with Gasteiger partial charge in [-0.25, -0.2) is 9.13 Å². The van der Waals surface area contributed by atoms with E-state index < -0.39 is 97.5 Å². The van der Waals surface area contributed by atoms with Gasteiger partial charge in [0.1, 0.15) is 19.3 Å². The van der Waals surface area contributed by atoms with Crippen molar-refractivity contribution in [3.63, 3.8) is 0 Å². The monoisotopic (exact) mass is 1440 g/mol. The minimum absolute atomic E-state index is 0.106. The van der Waals surface area contributed by atoms with Gasteiger partial charge in [0.05, 0.1) is 26.4 Å². The highest BCUT2D eigenvalue weighted by Crippen LogP contribution is 2.45. The van der Waals surface area contributed by atoms with Crippen molar-refractivity contribution in [2.45, 2.75) is 420 Å². The van der Waals surface area contributed by atoms with Crippen LogP contribution in [0.5, 0.6) is 0 Å². The molecule has 0 aromatic rings. The Balaban J connectivity index is 5.20. The maximum Gasteiger partial charge on any atom is 0.472 e. The van der Waals surface area contributed by atoms with Crippen molar-refractivity contribution < 1.29 is 80.2 Å². The van der Waals surface area contributed by atoms with Crippen LogP contribution >= 0.6 is 15.6 Å². The van der Waals surface area contributed by atoms with Crippen molar-refractivity contribution in [1.29, 1.82) is 0 Å². The van der Waals surface area contributed by atoms with Crippen molar-refractivity contribution in [3.05, 3.63) is 0 Å². The third-order valence-corrected chi connectivity index (χ3v) is 20.6. The fourth-order valence-electron chi connectivity index (χ4n) is 12.0. The van der Waals surface area contributed by atoms with Crippen LogP contribution in [0.15, 0.2) is 0 Å². The number of aliphatic hydroxyl groups is 1. The number of aliphatic hydroxyl groups excluding tert-OH is 1. The molecule has 0 saturated heterocycles. The van der Waals surface area contributed by atoms with Crippen LogP contribution < -0.4 is 0 Å². The van der Waals surface area contributed by atoms with Crippen LogP contribution in [0.3, 0.4) is 0 Å².